The number of nitro benzene ring substituents is 1. The zero-order chi connectivity index (χ0) is 14.7. The van der Waals surface area contributed by atoms with Crippen molar-refractivity contribution in [3.63, 3.8) is 0 Å². The van der Waals surface area contributed by atoms with Crippen molar-refractivity contribution in [3.8, 4) is 0 Å². The molecule has 0 heterocycles. The van der Waals surface area contributed by atoms with Crippen LogP contribution in [0.4, 0.5) is 15.8 Å². The number of benzene rings is 2. The molecule has 4 nitrogen and oxygen atoms in total. The lowest BCUT2D eigenvalue weighted by molar-refractivity contribution is -0.385. The van der Waals surface area contributed by atoms with Gasteiger partial charge in [-0.3, -0.25) is 10.1 Å². The molecule has 104 valence electrons. The smallest absolute Gasteiger partial charge is 0.274 e. The van der Waals surface area contributed by atoms with E-state index in [1.165, 1.54) is 12.1 Å². The van der Waals surface area contributed by atoms with E-state index in [9.17, 15) is 14.5 Å². The van der Waals surface area contributed by atoms with Crippen LogP contribution in [0.1, 0.15) is 24.1 Å². The maximum absolute atomic E-state index is 13.8. The maximum Gasteiger partial charge on any atom is 0.274 e. The van der Waals surface area contributed by atoms with Crippen molar-refractivity contribution >= 4 is 11.4 Å². The molecule has 2 aromatic rings. The summed E-state index contributed by atoms with van der Waals surface area (Å²) >= 11 is 0. The Morgan fingerprint density at radius 2 is 1.90 bits per heavy atom. The number of nitrogens with one attached hydrogen (secondary N) is 1. The molecule has 0 aromatic heterocycles. The average molecular weight is 274 g/mol. The molecule has 1 N–H and O–H groups in total. The van der Waals surface area contributed by atoms with Crippen LogP contribution in [0.15, 0.2) is 42.5 Å². The van der Waals surface area contributed by atoms with Gasteiger partial charge in [0.25, 0.3) is 5.69 Å². The standard InChI is InChI=1S/C15H15FN2O2/c1-10-6-5-8-13(16)15(10)17-11(2)12-7-3-4-9-14(12)18(19)20/h3-9,11,17H,1-2H3. The first-order chi connectivity index (χ1) is 9.50. The highest BCUT2D eigenvalue weighted by atomic mass is 19.1. The molecule has 2 rings (SSSR count). The summed E-state index contributed by atoms with van der Waals surface area (Å²) < 4.78 is 13.8. The van der Waals surface area contributed by atoms with Gasteiger partial charge in [0.05, 0.1) is 22.2 Å². The number of anilines is 1. The fourth-order valence-corrected chi connectivity index (χ4v) is 2.13. The molecule has 0 amide bonds. The van der Waals surface area contributed by atoms with Gasteiger partial charge in [0, 0.05) is 6.07 Å². The SMILES string of the molecule is Cc1cccc(F)c1NC(C)c1ccccc1[N+](=O)[O-]. The summed E-state index contributed by atoms with van der Waals surface area (Å²) in [4.78, 5) is 10.6. The Morgan fingerprint density at radius 3 is 2.55 bits per heavy atom. The average Bonchev–Trinajstić information content (AvgIpc) is 2.43. The third-order valence-corrected chi connectivity index (χ3v) is 3.18. The molecule has 2 aromatic carbocycles. The van der Waals surface area contributed by atoms with Crippen LogP contribution in [0.2, 0.25) is 0 Å². The van der Waals surface area contributed by atoms with E-state index in [-0.39, 0.29) is 17.5 Å². The van der Waals surface area contributed by atoms with Gasteiger partial charge in [-0.2, -0.15) is 0 Å². The van der Waals surface area contributed by atoms with Gasteiger partial charge in [-0.25, -0.2) is 4.39 Å². The summed E-state index contributed by atoms with van der Waals surface area (Å²) in [5.41, 5.74) is 1.69. The highest BCUT2D eigenvalue weighted by molar-refractivity contribution is 5.55. The van der Waals surface area contributed by atoms with E-state index >= 15 is 0 Å². The molecule has 1 atom stereocenters. The molecular formula is C15H15FN2O2. The van der Waals surface area contributed by atoms with Crippen LogP contribution in [-0.4, -0.2) is 4.92 Å². The lowest BCUT2D eigenvalue weighted by Crippen LogP contribution is -2.11. The Kier molecular flexibility index (Phi) is 3.98. The minimum atomic E-state index is -0.429. The van der Waals surface area contributed by atoms with Crippen LogP contribution < -0.4 is 5.32 Å². The molecule has 0 radical (unpaired) electrons. The summed E-state index contributed by atoms with van der Waals surface area (Å²) in [7, 11) is 0. The molecule has 0 aliphatic rings. The van der Waals surface area contributed by atoms with Crippen LogP contribution >= 0.6 is 0 Å². The van der Waals surface area contributed by atoms with Gasteiger partial charge in [0.15, 0.2) is 0 Å². The lowest BCUT2D eigenvalue weighted by atomic mass is 10.1. The predicted octanol–water partition coefficient (Wildman–Crippen LogP) is 4.22. The van der Waals surface area contributed by atoms with Crippen LogP contribution in [0, 0.1) is 22.9 Å². The summed E-state index contributed by atoms with van der Waals surface area (Å²) in [5, 5.41) is 14.0. The number of hydrogen-bond donors (Lipinski definition) is 1. The van der Waals surface area contributed by atoms with Gasteiger partial charge in [-0.05, 0) is 25.5 Å². The van der Waals surface area contributed by atoms with Crippen LogP contribution in [-0.2, 0) is 0 Å². The van der Waals surface area contributed by atoms with Crippen molar-refractivity contribution in [2.75, 3.05) is 5.32 Å². The van der Waals surface area contributed by atoms with E-state index in [1.807, 2.05) is 0 Å². The molecule has 0 aliphatic carbocycles. The van der Waals surface area contributed by atoms with E-state index < -0.39 is 4.92 Å². The Morgan fingerprint density at radius 1 is 1.20 bits per heavy atom. The Hall–Kier alpha value is -2.43. The van der Waals surface area contributed by atoms with Crippen molar-refractivity contribution in [1.82, 2.24) is 0 Å². The quantitative estimate of drug-likeness (QED) is 0.671. The molecule has 0 saturated heterocycles. The van der Waals surface area contributed by atoms with Crippen molar-refractivity contribution in [2.24, 2.45) is 0 Å². The van der Waals surface area contributed by atoms with Gasteiger partial charge in [0.1, 0.15) is 5.82 Å². The first-order valence-corrected chi connectivity index (χ1v) is 6.25. The topological polar surface area (TPSA) is 55.2 Å². The number of hydrogen-bond acceptors (Lipinski definition) is 3. The van der Waals surface area contributed by atoms with Crippen molar-refractivity contribution in [2.45, 2.75) is 19.9 Å². The molecule has 20 heavy (non-hydrogen) atoms. The second-order valence-electron chi connectivity index (χ2n) is 4.61. The fraction of sp³-hybridized carbons (Fsp3) is 0.200. The zero-order valence-electron chi connectivity index (χ0n) is 11.3. The molecule has 1 unspecified atom stereocenters. The lowest BCUT2D eigenvalue weighted by Gasteiger charge is -2.18. The van der Waals surface area contributed by atoms with Crippen molar-refractivity contribution in [1.29, 1.82) is 0 Å². The van der Waals surface area contributed by atoms with Gasteiger partial charge in [-0.15, -0.1) is 0 Å². The van der Waals surface area contributed by atoms with Gasteiger partial charge in [-0.1, -0.05) is 30.3 Å². The number of aryl methyl sites for hydroxylation is 1. The molecule has 0 aliphatic heterocycles. The molecule has 0 saturated carbocycles. The van der Waals surface area contributed by atoms with E-state index in [0.717, 1.165) is 5.56 Å². The molecular weight excluding hydrogens is 259 g/mol. The minimum absolute atomic E-state index is 0.0292. The van der Waals surface area contributed by atoms with Crippen molar-refractivity contribution in [3.05, 3.63) is 69.5 Å². The Bertz CT molecular complexity index is 623. The number of nitro groups is 1. The summed E-state index contributed by atoms with van der Waals surface area (Å²) in [6, 6.07) is 10.9. The largest absolute Gasteiger partial charge is 0.376 e. The normalized spacial score (nSPS) is 11.9. The highest BCUT2D eigenvalue weighted by Gasteiger charge is 2.19. The van der Waals surface area contributed by atoms with Crippen LogP contribution in [0.25, 0.3) is 0 Å². The fourth-order valence-electron chi connectivity index (χ4n) is 2.13. The van der Waals surface area contributed by atoms with E-state index in [2.05, 4.69) is 5.32 Å². The number of halogens is 1. The highest BCUT2D eigenvalue weighted by Crippen LogP contribution is 2.29. The van der Waals surface area contributed by atoms with Crippen molar-refractivity contribution < 1.29 is 9.31 Å². The number of para-hydroxylation sites is 2. The monoisotopic (exact) mass is 274 g/mol. The number of nitrogens with zero attached hydrogens (tertiary/aromatic N) is 1. The van der Waals surface area contributed by atoms with Gasteiger partial charge >= 0.3 is 0 Å². The Balaban J connectivity index is 2.34. The van der Waals surface area contributed by atoms with E-state index in [1.54, 1.807) is 44.2 Å². The molecule has 0 spiro atoms. The molecule has 0 bridgehead atoms. The zero-order valence-corrected chi connectivity index (χ0v) is 11.3. The predicted molar refractivity (Wildman–Crippen MR) is 76.3 cm³/mol. The minimum Gasteiger partial charge on any atom is -0.376 e. The van der Waals surface area contributed by atoms with E-state index in [0.29, 0.717) is 11.3 Å². The van der Waals surface area contributed by atoms with Crippen LogP contribution in [0.3, 0.4) is 0 Å². The maximum atomic E-state index is 13.8. The first-order valence-electron chi connectivity index (χ1n) is 6.25. The summed E-state index contributed by atoms with van der Waals surface area (Å²) in [6.45, 7) is 3.56. The second kappa shape index (κ2) is 5.69. The second-order valence-corrected chi connectivity index (χ2v) is 4.61. The molecule has 5 heteroatoms. The van der Waals surface area contributed by atoms with E-state index in [4.69, 9.17) is 0 Å². The molecule has 0 fully saturated rings. The number of rotatable bonds is 4. The first kappa shape index (κ1) is 14.0. The third-order valence-electron chi connectivity index (χ3n) is 3.18. The summed E-state index contributed by atoms with van der Waals surface area (Å²) in [5.74, 6) is -0.365. The Labute approximate surface area is 116 Å². The third kappa shape index (κ3) is 2.77. The van der Waals surface area contributed by atoms with Crippen LogP contribution in [0.5, 0.6) is 0 Å². The van der Waals surface area contributed by atoms with Gasteiger partial charge < -0.3 is 5.32 Å². The summed E-state index contributed by atoms with van der Waals surface area (Å²) in [6.07, 6.45) is 0. The van der Waals surface area contributed by atoms with Gasteiger partial charge in [0.2, 0.25) is 0 Å².